The highest BCUT2D eigenvalue weighted by Gasteiger charge is 2.70. The lowest BCUT2D eigenvalue weighted by Crippen LogP contribution is -2.64. The van der Waals surface area contributed by atoms with Crippen molar-refractivity contribution in [3.8, 4) is 0 Å². The summed E-state index contributed by atoms with van der Waals surface area (Å²) in [5, 5.41) is 6.65. The number of aliphatic hydroxyl groups is 1. The van der Waals surface area contributed by atoms with Gasteiger partial charge in [0.05, 0.1) is 62.8 Å². The molecule has 4 saturated carbocycles. The average molecular weight is 411 g/mol. The first-order valence-electron chi connectivity index (χ1n) is 11.4. The van der Waals surface area contributed by atoms with Crippen molar-refractivity contribution >= 4 is 74.3 Å². The van der Waals surface area contributed by atoms with Crippen molar-refractivity contribution < 1.29 is 14.7 Å². The van der Waals surface area contributed by atoms with Crippen LogP contribution in [0.4, 0.5) is 0 Å². The standard InChI is InChI=1S/C21H24B8O3/c1-16-8-20(25,26)14(30)12(22)13(16)19(23,24)7-9-10(16)3-5-17(2)11(9)4-6-18(17,32)15(31)21(27,28)29/h9-13,32H,3-8H2,1-2H3. The molecule has 0 aromatic carbocycles. The Morgan fingerprint density at radius 3 is 2.16 bits per heavy atom. The highest BCUT2D eigenvalue weighted by Crippen LogP contribution is 2.74. The Hall–Kier alpha value is -0.181. The maximum Gasteiger partial charge on any atom is 0.146 e. The van der Waals surface area contributed by atoms with Crippen molar-refractivity contribution in [1.29, 1.82) is 0 Å². The molecule has 3 nitrogen and oxygen atoms in total. The highest BCUT2D eigenvalue weighted by atomic mass is 16.3. The predicted octanol–water partition coefficient (Wildman–Crippen LogP) is 0.171. The zero-order chi connectivity index (χ0) is 24.3. The molecule has 0 aliphatic heterocycles. The lowest BCUT2D eigenvalue weighted by molar-refractivity contribution is -0.171. The zero-order valence-electron chi connectivity index (χ0n) is 19.0. The third-order valence-electron chi connectivity index (χ3n) is 9.88. The smallest absolute Gasteiger partial charge is 0.146 e. The van der Waals surface area contributed by atoms with Gasteiger partial charge in [-0.15, -0.1) is 0 Å². The van der Waals surface area contributed by atoms with Gasteiger partial charge in [0.1, 0.15) is 17.2 Å². The Kier molecular flexibility index (Phi) is 5.41. The van der Waals surface area contributed by atoms with Crippen LogP contribution in [0.5, 0.6) is 0 Å². The first-order chi connectivity index (χ1) is 14.3. The van der Waals surface area contributed by atoms with Crippen LogP contribution in [-0.2, 0) is 9.59 Å². The molecule has 8 unspecified atom stereocenters. The zero-order valence-corrected chi connectivity index (χ0v) is 19.0. The summed E-state index contributed by atoms with van der Waals surface area (Å²) in [5.41, 5.74) is -3.10. The third-order valence-corrected chi connectivity index (χ3v) is 9.88. The van der Waals surface area contributed by atoms with E-state index in [9.17, 15) is 14.7 Å². The summed E-state index contributed by atoms with van der Waals surface area (Å²) in [6, 6.07) is 0. The van der Waals surface area contributed by atoms with E-state index in [0.717, 1.165) is 0 Å². The molecule has 0 aromatic heterocycles. The van der Waals surface area contributed by atoms with Crippen LogP contribution < -0.4 is 0 Å². The Balaban J connectivity index is 1.77. The van der Waals surface area contributed by atoms with Gasteiger partial charge in [-0.2, -0.15) is 0 Å². The monoisotopic (exact) mass is 412 g/mol. The van der Waals surface area contributed by atoms with E-state index >= 15 is 0 Å². The van der Waals surface area contributed by atoms with Crippen molar-refractivity contribution in [2.45, 2.75) is 79.3 Å². The van der Waals surface area contributed by atoms with Gasteiger partial charge in [-0.25, -0.2) is 0 Å². The Morgan fingerprint density at radius 1 is 1.03 bits per heavy atom. The quantitative estimate of drug-likeness (QED) is 0.660. The second kappa shape index (κ2) is 6.94. The van der Waals surface area contributed by atoms with E-state index in [1.165, 1.54) is 0 Å². The van der Waals surface area contributed by atoms with E-state index in [0.29, 0.717) is 25.7 Å². The molecule has 4 fully saturated rings. The van der Waals surface area contributed by atoms with Crippen LogP contribution in [0.3, 0.4) is 0 Å². The molecule has 0 bridgehead atoms. The first-order valence-corrected chi connectivity index (χ1v) is 11.4. The molecular formula is C21H24B8O3. The fourth-order valence-electron chi connectivity index (χ4n) is 8.68. The van der Waals surface area contributed by atoms with Crippen molar-refractivity contribution in [3.05, 3.63) is 0 Å². The van der Waals surface area contributed by atoms with Crippen molar-refractivity contribution in [2.24, 2.45) is 34.5 Å². The number of carbonyl (C=O) groups excluding carboxylic acids is 2. The molecule has 11 heteroatoms. The minimum Gasteiger partial charge on any atom is -0.382 e. The van der Waals surface area contributed by atoms with Crippen LogP contribution in [0.25, 0.3) is 0 Å². The maximum atomic E-state index is 13.0. The number of rotatable bonds is 2. The Labute approximate surface area is 202 Å². The fraction of sp³-hybridized carbons (Fsp3) is 0.905. The summed E-state index contributed by atoms with van der Waals surface area (Å²) in [4.78, 5) is 25.8. The minimum absolute atomic E-state index is 0.0225. The largest absolute Gasteiger partial charge is 0.382 e. The van der Waals surface area contributed by atoms with Gasteiger partial charge in [0, 0.05) is 5.41 Å². The maximum absolute atomic E-state index is 13.0. The van der Waals surface area contributed by atoms with Crippen LogP contribution in [0.15, 0.2) is 0 Å². The first kappa shape index (κ1) is 24.9. The molecule has 4 aliphatic carbocycles. The summed E-state index contributed by atoms with van der Waals surface area (Å²) < 4.78 is 0. The van der Waals surface area contributed by atoms with Gasteiger partial charge in [-0.05, 0) is 65.8 Å². The molecule has 0 heterocycles. The van der Waals surface area contributed by atoms with Gasteiger partial charge in [-0.3, -0.25) is 4.79 Å². The molecule has 32 heavy (non-hydrogen) atoms. The second-order valence-corrected chi connectivity index (χ2v) is 11.9. The van der Waals surface area contributed by atoms with Crippen molar-refractivity contribution in [2.75, 3.05) is 0 Å². The summed E-state index contributed by atoms with van der Waals surface area (Å²) in [7, 11) is 49.2. The van der Waals surface area contributed by atoms with Crippen molar-refractivity contribution in [1.82, 2.24) is 0 Å². The summed E-state index contributed by atoms with van der Waals surface area (Å²) >= 11 is 0. The third kappa shape index (κ3) is 3.07. The number of ketones is 2. The van der Waals surface area contributed by atoms with E-state index in [1.807, 2.05) is 13.8 Å². The van der Waals surface area contributed by atoms with Gasteiger partial charge in [0.2, 0.25) is 0 Å². The summed E-state index contributed by atoms with van der Waals surface area (Å²) in [6.45, 7) is 3.93. The van der Waals surface area contributed by atoms with E-state index in [2.05, 4.69) is 0 Å². The molecule has 0 aromatic rings. The topological polar surface area (TPSA) is 54.4 Å². The average Bonchev–Trinajstić information content (AvgIpc) is 2.89. The number of hydrogen-bond acceptors (Lipinski definition) is 3. The number of Topliss-reactive ketones (excluding diaryl/α,β-unsaturated/α-hetero) is 2. The Morgan fingerprint density at radius 2 is 1.59 bits per heavy atom. The summed E-state index contributed by atoms with van der Waals surface area (Å²) in [5.74, 6) is -2.64. The SMILES string of the molecule is [B]C1C(=O)C([B])([B])CC2(C)C3CCC4(C)C(CCC4(O)C(=O)C([B])([B])[B])C3CC([B])([B])C12. The van der Waals surface area contributed by atoms with Gasteiger partial charge >= 0.3 is 0 Å². The van der Waals surface area contributed by atoms with Crippen LogP contribution >= 0.6 is 0 Å². The molecule has 4 rings (SSSR count). The molecule has 16 radical (unpaired) electrons. The Bertz CT molecular complexity index is 856. The number of carbonyl (C=O) groups is 2. The molecule has 0 spiro atoms. The molecular weight excluding hydrogens is 387 g/mol. The normalized spacial score (nSPS) is 49.5. The van der Waals surface area contributed by atoms with Gasteiger partial charge in [0.15, 0.2) is 0 Å². The van der Waals surface area contributed by atoms with Crippen LogP contribution in [0.2, 0.25) is 21.4 Å². The van der Waals surface area contributed by atoms with Gasteiger partial charge in [-0.1, -0.05) is 37.0 Å². The van der Waals surface area contributed by atoms with Gasteiger partial charge in [0.25, 0.3) is 0 Å². The van der Waals surface area contributed by atoms with Crippen LogP contribution in [0.1, 0.15) is 52.4 Å². The summed E-state index contributed by atoms with van der Waals surface area (Å²) in [6.07, 6.45) is 2.63. The molecule has 0 amide bonds. The lowest BCUT2D eigenvalue weighted by atomic mass is 9.24. The predicted molar refractivity (Wildman–Crippen MR) is 131 cm³/mol. The minimum atomic E-state index is -2.13. The van der Waals surface area contributed by atoms with E-state index < -0.39 is 55.3 Å². The fourth-order valence-corrected chi connectivity index (χ4v) is 8.68. The van der Waals surface area contributed by atoms with E-state index in [4.69, 9.17) is 62.8 Å². The number of fused-ring (bicyclic) bond motifs is 5. The van der Waals surface area contributed by atoms with E-state index in [-0.39, 0.29) is 30.6 Å². The molecule has 0 saturated heterocycles. The van der Waals surface area contributed by atoms with E-state index in [1.54, 1.807) is 0 Å². The highest BCUT2D eigenvalue weighted by molar-refractivity contribution is 6.69. The number of hydrogen-bond donors (Lipinski definition) is 1. The molecule has 4 aliphatic rings. The molecule has 150 valence electrons. The lowest BCUT2D eigenvalue weighted by Gasteiger charge is -2.69. The van der Waals surface area contributed by atoms with Crippen LogP contribution in [-0.4, -0.2) is 85.0 Å². The van der Waals surface area contributed by atoms with Gasteiger partial charge < -0.3 is 9.90 Å². The molecule has 1 N–H and O–H groups in total. The molecule has 8 atom stereocenters. The second-order valence-electron chi connectivity index (χ2n) is 11.9. The van der Waals surface area contributed by atoms with Crippen molar-refractivity contribution in [3.63, 3.8) is 0 Å². The van der Waals surface area contributed by atoms with Crippen LogP contribution in [0, 0.1) is 34.5 Å².